The van der Waals surface area contributed by atoms with Crippen molar-refractivity contribution in [3.63, 3.8) is 0 Å². The quantitative estimate of drug-likeness (QED) is 0.819. The van der Waals surface area contributed by atoms with E-state index in [1.807, 2.05) is 5.32 Å². The van der Waals surface area contributed by atoms with Gasteiger partial charge in [-0.25, -0.2) is 0 Å². The molecule has 0 radical (unpaired) electrons. The lowest BCUT2D eigenvalue weighted by Crippen LogP contribution is -2.47. The van der Waals surface area contributed by atoms with E-state index in [2.05, 4.69) is 10.8 Å². The van der Waals surface area contributed by atoms with Gasteiger partial charge in [-0.2, -0.15) is 18.3 Å². The average Bonchev–Trinajstić information content (AvgIpc) is 2.48. The smallest absolute Gasteiger partial charge is 0.322 e. The molecule has 1 atom stereocenters. The minimum atomic E-state index is -4.74. The van der Waals surface area contributed by atoms with Crippen LogP contribution in [0.5, 0.6) is 0 Å². The molecule has 0 saturated carbocycles. The predicted octanol–water partition coefficient (Wildman–Crippen LogP) is 0.670. The summed E-state index contributed by atoms with van der Waals surface area (Å²) in [6, 6.07) is -2.53. The molecule has 1 heterocycles. The number of rotatable bonds is 2. The van der Waals surface area contributed by atoms with Crippen LogP contribution in [0, 0.1) is 0 Å². The Morgan fingerprint density at radius 1 is 1.62 bits per heavy atom. The molecule has 0 aliphatic carbocycles. The second kappa shape index (κ2) is 5.17. The van der Waals surface area contributed by atoms with Crippen LogP contribution in [-0.2, 0) is 11.8 Å². The SMILES string of the molecule is Cl.Cn1cc(NC(=O)C(N)C(F)(F)F)cn1. The molecule has 1 aromatic rings. The van der Waals surface area contributed by atoms with Gasteiger partial charge >= 0.3 is 6.18 Å². The summed E-state index contributed by atoms with van der Waals surface area (Å²) in [5.74, 6) is -1.31. The molecule has 0 saturated heterocycles. The maximum absolute atomic E-state index is 12.0. The van der Waals surface area contributed by atoms with Gasteiger partial charge in [0.25, 0.3) is 5.91 Å². The first-order valence-corrected chi connectivity index (χ1v) is 3.92. The predicted molar refractivity (Wildman–Crippen MR) is 53.1 cm³/mol. The Kier molecular flexibility index (Phi) is 4.76. The van der Waals surface area contributed by atoms with Crippen LogP contribution >= 0.6 is 12.4 Å². The van der Waals surface area contributed by atoms with E-state index < -0.39 is 18.1 Å². The summed E-state index contributed by atoms with van der Waals surface area (Å²) >= 11 is 0. The van der Waals surface area contributed by atoms with Crippen LogP contribution in [-0.4, -0.2) is 27.9 Å². The zero-order valence-electron chi connectivity index (χ0n) is 8.15. The fraction of sp³-hybridized carbons (Fsp3) is 0.429. The molecular weight excluding hydrogens is 249 g/mol. The van der Waals surface area contributed by atoms with Gasteiger partial charge in [-0.1, -0.05) is 0 Å². The van der Waals surface area contributed by atoms with Crippen molar-refractivity contribution in [1.82, 2.24) is 9.78 Å². The third kappa shape index (κ3) is 3.70. The van der Waals surface area contributed by atoms with Crippen LogP contribution < -0.4 is 11.1 Å². The standard InChI is InChI=1S/C7H9F3N4O.ClH/c1-14-3-4(2-12-14)13-6(15)5(11)7(8,9)10;/h2-3,5H,11H2,1H3,(H,13,15);1H. The van der Waals surface area contributed by atoms with Gasteiger partial charge in [-0.15, -0.1) is 12.4 Å². The van der Waals surface area contributed by atoms with E-state index in [0.717, 1.165) is 0 Å². The summed E-state index contributed by atoms with van der Waals surface area (Å²) in [5, 5.41) is 5.67. The number of nitrogens with two attached hydrogens (primary N) is 1. The normalized spacial score (nSPS) is 12.8. The lowest BCUT2D eigenvalue weighted by Gasteiger charge is -2.14. The van der Waals surface area contributed by atoms with E-state index in [-0.39, 0.29) is 18.1 Å². The molecule has 1 amide bonds. The number of hydrogen-bond donors (Lipinski definition) is 2. The molecule has 0 aromatic carbocycles. The van der Waals surface area contributed by atoms with E-state index in [9.17, 15) is 18.0 Å². The van der Waals surface area contributed by atoms with Gasteiger partial charge in [-0.05, 0) is 0 Å². The van der Waals surface area contributed by atoms with Gasteiger partial charge in [0.1, 0.15) is 0 Å². The number of carbonyl (C=O) groups is 1. The first-order chi connectivity index (χ1) is 6.80. The number of carbonyl (C=O) groups excluding carboxylic acids is 1. The van der Waals surface area contributed by atoms with Gasteiger partial charge in [0.15, 0.2) is 6.04 Å². The average molecular weight is 259 g/mol. The Hall–Kier alpha value is -1.28. The first-order valence-electron chi connectivity index (χ1n) is 3.92. The van der Waals surface area contributed by atoms with Crippen molar-refractivity contribution in [2.75, 3.05) is 5.32 Å². The first kappa shape index (κ1) is 14.7. The van der Waals surface area contributed by atoms with Gasteiger partial charge < -0.3 is 11.1 Å². The van der Waals surface area contributed by atoms with Crippen LogP contribution in [0.4, 0.5) is 18.9 Å². The Bertz CT molecular complexity index is 365. The third-order valence-corrected chi connectivity index (χ3v) is 1.61. The number of nitrogens with zero attached hydrogens (tertiary/aromatic N) is 2. The molecule has 1 aromatic heterocycles. The van der Waals surface area contributed by atoms with Gasteiger partial charge in [0, 0.05) is 13.2 Å². The lowest BCUT2D eigenvalue weighted by molar-refractivity contribution is -0.159. The largest absolute Gasteiger partial charge is 0.412 e. The second-order valence-corrected chi connectivity index (χ2v) is 2.91. The van der Waals surface area contributed by atoms with Crippen molar-refractivity contribution in [1.29, 1.82) is 0 Å². The number of alkyl halides is 3. The summed E-state index contributed by atoms with van der Waals surface area (Å²) in [6.07, 6.45) is -2.16. The molecule has 0 aliphatic heterocycles. The maximum Gasteiger partial charge on any atom is 0.412 e. The molecule has 1 unspecified atom stereocenters. The topological polar surface area (TPSA) is 72.9 Å². The molecule has 0 fully saturated rings. The number of nitrogens with one attached hydrogen (secondary N) is 1. The Morgan fingerprint density at radius 3 is 2.56 bits per heavy atom. The van der Waals surface area contributed by atoms with Crippen molar-refractivity contribution >= 4 is 24.0 Å². The molecule has 5 nitrogen and oxygen atoms in total. The summed E-state index contributed by atoms with van der Waals surface area (Å²) < 4.78 is 37.3. The van der Waals surface area contributed by atoms with Crippen LogP contribution in [0.15, 0.2) is 12.4 Å². The molecule has 0 bridgehead atoms. The van der Waals surface area contributed by atoms with Crippen molar-refractivity contribution in [3.05, 3.63) is 12.4 Å². The number of halogens is 4. The minimum Gasteiger partial charge on any atom is -0.322 e. The van der Waals surface area contributed by atoms with Crippen molar-refractivity contribution in [3.8, 4) is 0 Å². The van der Waals surface area contributed by atoms with E-state index in [1.54, 1.807) is 7.05 Å². The highest BCUT2D eigenvalue weighted by Gasteiger charge is 2.42. The van der Waals surface area contributed by atoms with Gasteiger partial charge in [-0.3, -0.25) is 9.48 Å². The fourth-order valence-corrected chi connectivity index (χ4v) is 0.854. The van der Waals surface area contributed by atoms with Gasteiger partial charge in [0.05, 0.1) is 11.9 Å². The van der Waals surface area contributed by atoms with Crippen LogP contribution in [0.25, 0.3) is 0 Å². The highest BCUT2D eigenvalue weighted by atomic mass is 35.5. The molecule has 0 aliphatic rings. The Morgan fingerprint density at radius 2 is 2.19 bits per heavy atom. The van der Waals surface area contributed by atoms with Crippen LogP contribution in [0.1, 0.15) is 0 Å². The highest BCUT2D eigenvalue weighted by Crippen LogP contribution is 2.19. The van der Waals surface area contributed by atoms with E-state index in [1.165, 1.54) is 17.1 Å². The highest BCUT2D eigenvalue weighted by molar-refractivity contribution is 5.95. The molecule has 3 N–H and O–H groups in total. The van der Waals surface area contributed by atoms with Crippen molar-refractivity contribution in [2.45, 2.75) is 12.2 Å². The number of hydrogen-bond acceptors (Lipinski definition) is 3. The molecule has 1 rings (SSSR count). The zero-order valence-corrected chi connectivity index (χ0v) is 8.97. The van der Waals surface area contributed by atoms with E-state index >= 15 is 0 Å². The van der Waals surface area contributed by atoms with Gasteiger partial charge in [0.2, 0.25) is 0 Å². The van der Waals surface area contributed by atoms with Crippen molar-refractivity contribution in [2.24, 2.45) is 12.8 Å². The summed E-state index contributed by atoms with van der Waals surface area (Å²) in [4.78, 5) is 11.0. The monoisotopic (exact) mass is 258 g/mol. The molecular formula is C7H10ClF3N4O. The number of aryl methyl sites for hydroxylation is 1. The molecule has 92 valence electrons. The molecule has 0 spiro atoms. The van der Waals surface area contributed by atoms with Crippen molar-refractivity contribution < 1.29 is 18.0 Å². The number of aromatic nitrogens is 2. The fourth-order valence-electron chi connectivity index (χ4n) is 0.854. The third-order valence-electron chi connectivity index (χ3n) is 1.61. The van der Waals surface area contributed by atoms with E-state index in [0.29, 0.717) is 0 Å². The lowest BCUT2D eigenvalue weighted by atomic mass is 10.3. The summed E-state index contributed by atoms with van der Waals surface area (Å²) in [6.45, 7) is 0. The summed E-state index contributed by atoms with van der Waals surface area (Å²) in [5.41, 5.74) is 4.85. The molecule has 16 heavy (non-hydrogen) atoms. The maximum atomic E-state index is 12.0. The Labute approximate surface area is 95.2 Å². The van der Waals surface area contributed by atoms with Crippen LogP contribution in [0.3, 0.4) is 0 Å². The summed E-state index contributed by atoms with van der Waals surface area (Å²) in [7, 11) is 1.57. The number of anilines is 1. The van der Waals surface area contributed by atoms with E-state index in [4.69, 9.17) is 0 Å². The van der Waals surface area contributed by atoms with Crippen LogP contribution in [0.2, 0.25) is 0 Å². The number of amides is 1. The Balaban J connectivity index is 0.00000225. The molecule has 9 heteroatoms. The minimum absolute atomic E-state index is 0. The second-order valence-electron chi connectivity index (χ2n) is 2.91. The zero-order chi connectivity index (χ0) is 11.6.